The van der Waals surface area contributed by atoms with E-state index in [0.717, 1.165) is 11.3 Å². The van der Waals surface area contributed by atoms with Crippen molar-refractivity contribution >= 4 is 17.7 Å². The van der Waals surface area contributed by atoms with Crippen molar-refractivity contribution in [1.29, 1.82) is 0 Å². The fourth-order valence-corrected chi connectivity index (χ4v) is 4.27. The molecule has 1 saturated heterocycles. The van der Waals surface area contributed by atoms with Crippen molar-refractivity contribution in [3.8, 4) is 23.1 Å². The summed E-state index contributed by atoms with van der Waals surface area (Å²) < 4.78 is 21.5. The molecule has 144 valence electrons. The number of hydrogen-bond acceptors (Lipinski definition) is 7. The zero-order valence-corrected chi connectivity index (χ0v) is 16.5. The minimum Gasteiger partial charge on any atom is -0.496 e. The van der Waals surface area contributed by atoms with Gasteiger partial charge in [-0.3, -0.25) is 4.79 Å². The average molecular weight is 390 g/mol. The number of benzene rings is 1. The van der Waals surface area contributed by atoms with Gasteiger partial charge < -0.3 is 23.8 Å². The number of carbonyl (C=O) groups is 1. The number of nitrogens with zero attached hydrogens (tertiary/aromatic N) is 2. The van der Waals surface area contributed by atoms with Crippen LogP contribution in [0.25, 0.3) is 0 Å². The van der Waals surface area contributed by atoms with E-state index in [9.17, 15) is 4.79 Å². The number of amides is 1. The summed E-state index contributed by atoms with van der Waals surface area (Å²) in [6.45, 7) is 0.635. The number of methoxy groups -OCH3 is 4. The number of pyridine rings is 1. The summed E-state index contributed by atoms with van der Waals surface area (Å²) in [7, 11) is 6.29. The van der Waals surface area contributed by atoms with Crippen LogP contribution in [0.15, 0.2) is 30.5 Å². The molecule has 1 amide bonds. The molecule has 27 heavy (non-hydrogen) atoms. The SMILES string of the molecule is COc1cc(C(=O)N2CCSC2c2cc(OC)c(OC)cc2OC)ccn1. The fraction of sp³-hybridized carbons (Fsp3) is 0.368. The molecule has 8 heteroatoms. The molecular formula is C19H22N2O5S. The fourth-order valence-electron chi connectivity index (χ4n) is 3.00. The quantitative estimate of drug-likeness (QED) is 0.751. The Hall–Kier alpha value is -2.61. The molecule has 0 N–H and O–H groups in total. The van der Waals surface area contributed by atoms with Crippen LogP contribution in [0.2, 0.25) is 0 Å². The van der Waals surface area contributed by atoms with Crippen molar-refractivity contribution in [2.24, 2.45) is 0 Å². The van der Waals surface area contributed by atoms with Crippen molar-refractivity contribution in [1.82, 2.24) is 9.88 Å². The summed E-state index contributed by atoms with van der Waals surface area (Å²) in [5.41, 5.74) is 1.40. The number of thioether (sulfide) groups is 1. The van der Waals surface area contributed by atoms with Gasteiger partial charge in [-0.2, -0.15) is 0 Å². The summed E-state index contributed by atoms with van der Waals surface area (Å²) in [5.74, 6) is 2.99. The van der Waals surface area contributed by atoms with Crippen molar-refractivity contribution < 1.29 is 23.7 Å². The van der Waals surface area contributed by atoms with Crippen LogP contribution in [-0.2, 0) is 0 Å². The molecule has 1 aliphatic heterocycles. The number of carbonyl (C=O) groups excluding carboxylic acids is 1. The van der Waals surface area contributed by atoms with Crippen molar-refractivity contribution in [2.45, 2.75) is 5.37 Å². The third-order valence-electron chi connectivity index (χ3n) is 4.34. The molecule has 0 spiro atoms. The van der Waals surface area contributed by atoms with Gasteiger partial charge in [0.2, 0.25) is 5.88 Å². The molecule has 0 aliphatic carbocycles. The van der Waals surface area contributed by atoms with E-state index in [-0.39, 0.29) is 11.3 Å². The normalized spacial score (nSPS) is 16.1. The monoisotopic (exact) mass is 390 g/mol. The van der Waals surface area contributed by atoms with Gasteiger partial charge in [-0.15, -0.1) is 11.8 Å². The second kappa shape index (κ2) is 8.39. The maximum Gasteiger partial charge on any atom is 0.255 e. The number of aromatic nitrogens is 1. The van der Waals surface area contributed by atoms with Gasteiger partial charge in [0, 0.05) is 41.8 Å². The lowest BCUT2D eigenvalue weighted by Gasteiger charge is -2.26. The molecule has 1 atom stereocenters. The van der Waals surface area contributed by atoms with Crippen molar-refractivity contribution in [3.05, 3.63) is 41.6 Å². The van der Waals surface area contributed by atoms with Gasteiger partial charge in [-0.1, -0.05) is 0 Å². The highest BCUT2D eigenvalue weighted by Gasteiger charge is 2.34. The van der Waals surface area contributed by atoms with E-state index in [2.05, 4.69) is 4.98 Å². The highest BCUT2D eigenvalue weighted by molar-refractivity contribution is 7.99. The van der Waals surface area contributed by atoms with E-state index in [1.165, 1.54) is 7.11 Å². The summed E-state index contributed by atoms with van der Waals surface area (Å²) >= 11 is 1.68. The van der Waals surface area contributed by atoms with Crippen LogP contribution in [0.3, 0.4) is 0 Å². The molecule has 0 bridgehead atoms. The molecule has 1 unspecified atom stereocenters. The largest absolute Gasteiger partial charge is 0.496 e. The Morgan fingerprint density at radius 1 is 1.04 bits per heavy atom. The summed E-state index contributed by atoms with van der Waals surface area (Å²) in [6.07, 6.45) is 1.57. The Morgan fingerprint density at radius 3 is 2.41 bits per heavy atom. The lowest BCUT2D eigenvalue weighted by Crippen LogP contribution is -2.30. The van der Waals surface area contributed by atoms with Crippen molar-refractivity contribution in [2.75, 3.05) is 40.7 Å². The van der Waals surface area contributed by atoms with Gasteiger partial charge in [0.25, 0.3) is 5.91 Å². The van der Waals surface area contributed by atoms with Gasteiger partial charge >= 0.3 is 0 Å². The van der Waals surface area contributed by atoms with Gasteiger partial charge in [-0.25, -0.2) is 4.98 Å². The van der Waals surface area contributed by atoms with Crippen LogP contribution in [-0.4, -0.2) is 56.5 Å². The standard InChI is InChI=1S/C19H22N2O5S/c1-23-14-11-16(25-3)15(24-2)10-13(14)19-21(7-8-27-19)18(22)12-5-6-20-17(9-12)26-4/h5-6,9-11,19H,7-8H2,1-4H3. The van der Waals surface area contributed by atoms with Gasteiger partial charge in [0.15, 0.2) is 11.5 Å². The van der Waals surface area contributed by atoms with Crippen LogP contribution in [0.1, 0.15) is 21.3 Å². The zero-order valence-electron chi connectivity index (χ0n) is 15.7. The third-order valence-corrected chi connectivity index (χ3v) is 5.59. The van der Waals surface area contributed by atoms with Crippen LogP contribution < -0.4 is 18.9 Å². The maximum absolute atomic E-state index is 13.1. The van der Waals surface area contributed by atoms with Gasteiger partial charge in [0.1, 0.15) is 11.1 Å². The van der Waals surface area contributed by atoms with E-state index in [4.69, 9.17) is 18.9 Å². The Kier molecular flexibility index (Phi) is 5.95. The van der Waals surface area contributed by atoms with Gasteiger partial charge in [0.05, 0.1) is 28.4 Å². The van der Waals surface area contributed by atoms with E-state index < -0.39 is 0 Å². The summed E-state index contributed by atoms with van der Waals surface area (Å²) in [6, 6.07) is 6.99. The lowest BCUT2D eigenvalue weighted by atomic mass is 10.1. The molecule has 2 aromatic rings. The van der Waals surface area contributed by atoms with Crippen LogP contribution in [0.4, 0.5) is 0 Å². The average Bonchev–Trinajstić information content (AvgIpc) is 3.21. The highest BCUT2D eigenvalue weighted by atomic mass is 32.2. The third kappa shape index (κ3) is 3.75. The highest BCUT2D eigenvalue weighted by Crippen LogP contribution is 2.46. The molecule has 1 fully saturated rings. The number of rotatable bonds is 6. The first-order valence-corrected chi connectivity index (χ1v) is 9.40. The molecule has 7 nitrogen and oxygen atoms in total. The van der Waals surface area contributed by atoms with Crippen LogP contribution >= 0.6 is 11.8 Å². The smallest absolute Gasteiger partial charge is 0.255 e. The van der Waals surface area contributed by atoms with E-state index in [0.29, 0.717) is 35.2 Å². The Bertz CT molecular complexity index is 830. The molecule has 3 rings (SSSR count). The minimum atomic E-state index is -0.189. The second-order valence-electron chi connectivity index (χ2n) is 5.76. The second-order valence-corrected chi connectivity index (χ2v) is 6.95. The number of ether oxygens (including phenoxy) is 4. The van der Waals surface area contributed by atoms with Crippen LogP contribution in [0, 0.1) is 0 Å². The molecule has 0 saturated carbocycles. The molecule has 2 heterocycles. The van der Waals surface area contributed by atoms with E-state index >= 15 is 0 Å². The Labute approximate surface area is 162 Å². The Morgan fingerprint density at radius 2 is 1.74 bits per heavy atom. The predicted molar refractivity (Wildman–Crippen MR) is 103 cm³/mol. The molecule has 1 aliphatic rings. The van der Waals surface area contributed by atoms with E-state index in [1.807, 2.05) is 11.0 Å². The predicted octanol–water partition coefficient (Wildman–Crippen LogP) is 3.00. The summed E-state index contributed by atoms with van der Waals surface area (Å²) in [4.78, 5) is 19.0. The van der Waals surface area contributed by atoms with Crippen LogP contribution in [0.5, 0.6) is 23.1 Å². The summed E-state index contributed by atoms with van der Waals surface area (Å²) in [5, 5.41) is -0.189. The molecule has 1 aromatic heterocycles. The minimum absolute atomic E-state index is 0.0810. The first-order valence-electron chi connectivity index (χ1n) is 8.35. The first-order chi connectivity index (χ1) is 13.1. The van der Waals surface area contributed by atoms with E-state index in [1.54, 1.807) is 57.5 Å². The molecular weight excluding hydrogens is 368 g/mol. The Balaban J connectivity index is 1.97. The zero-order chi connectivity index (χ0) is 19.4. The molecule has 0 radical (unpaired) electrons. The first kappa shape index (κ1) is 19.2. The lowest BCUT2D eigenvalue weighted by molar-refractivity contribution is 0.0758. The number of hydrogen-bond donors (Lipinski definition) is 0. The topological polar surface area (TPSA) is 70.1 Å². The van der Waals surface area contributed by atoms with Crippen molar-refractivity contribution in [3.63, 3.8) is 0 Å². The molecule has 1 aromatic carbocycles. The van der Waals surface area contributed by atoms with Gasteiger partial charge in [-0.05, 0) is 12.1 Å². The maximum atomic E-state index is 13.1.